The van der Waals surface area contributed by atoms with Crippen molar-refractivity contribution in [3.8, 4) is 0 Å². The molecule has 1 N–H and O–H groups in total. The normalized spacial score (nSPS) is 22.4. The molecule has 1 heterocycles. The third kappa shape index (κ3) is 4.59. The van der Waals surface area contributed by atoms with Crippen LogP contribution in [0.15, 0.2) is 30.3 Å². The van der Waals surface area contributed by atoms with Crippen LogP contribution in [0.1, 0.15) is 50.5 Å². The number of hydrogen-bond donors (Lipinski definition) is 1. The number of likely N-dealkylation sites (tertiary alicyclic amines) is 1. The van der Waals surface area contributed by atoms with Crippen molar-refractivity contribution in [2.24, 2.45) is 11.8 Å². The highest BCUT2D eigenvalue weighted by Gasteiger charge is 2.25. The summed E-state index contributed by atoms with van der Waals surface area (Å²) < 4.78 is 0. The van der Waals surface area contributed by atoms with Gasteiger partial charge in [-0.15, -0.1) is 0 Å². The standard InChI is InChI=1S/C20H28N2O2/c23-19-11-10-16(14-21-20(24)18-8-4-5-9-18)12-13-22(19)15-17-6-2-1-3-7-17/h1-3,6-7,16,18H,4-5,8-15H2,(H,21,24)/t16-/m0/s1. The van der Waals surface area contributed by atoms with Gasteiger partial charge < -0.3 is 10.2 Å². The number of nitrogens with one attached hydrogen (secondary N) is 1. The van der Waals surface area contributed by atoms with E-state index in [1.807, 2.05) is 23.1 Å². The molecule has 1 atom stereocenters. The first-order valence-corrected chi connectivity index (χ1v) is 9.32. The summed E-state index contributed by atoms with van der Waals surface area (Å²) in [5.41, 5.74) is 1.18. The minimum absolute atomic E-state index is 0.226. The lowest BCUT2D eigenvalue weighted by Crippen LogP contribution is -2.34. The van der Waals surface area contributed by atoms with Crippen molar-refractivity contribution >= 4 is 11.8 Å². The van der Waals surface area contributed by atoms with E-state index in [0.717, 1.165) is 38.8 Å². The molecule has 2 amide bonds. The molecule has 1 aromatic carbocycles. The summed E-state index contributed by atoms with van der Waals surface area (Å²) >= 11 is 0. The summed E-state index contributed by atoms with van der Waals surface area (Å²) in [6.45, 7) is 2.21. The minimum Gasteiger partial charge on any atom is -0.356 e. The van der Waals surface area contributed by atoms with Gasteiger partial charge in [0.1, 0.15) is 0 Å². The second-order valence-electron chi connectivity index (χ2n) is 7.22. The average Bonchev–Trinajstić information content (AvgIpc) is 3.09. The van der Waals surface area contributed by atoms with E-state index in [-0.39, 0.29) is 17.7 Å². The van der Waals surface area contributed by atoms with Crippen LogP contribution in [0.2, 0.25) is 0 Å². The fourth-order valence-corrected chi connectivity index (χ4v) is 3.85. The van der Waals surface area contributed by atoms with Crippen LogP contribution in [-0.4, -0.2) is 29.8 Å². The van der Waals surface area contributed by atoms with Gasteiger partial charge in [-0.3, -0.25) is 9.59 Å². The summed E-state index contributed by atoms with van der Waals surface area (Å²) in [5.74, 6) is 1.11. The van der Waals surface area contributed by atoms with E-state index in [4.69, 9.17) is 0 Å². The lowest BCUT2D eigenvalue weighted by Gasteiger charge is -2.21. The van der Waals surface area contributed by atoms with E-state index in [1.165, 1.54) is 18.4 Å². The summed E-state index contributed by atoms with van der Waals surface area (Å²) in [5, 5.41) is 3.13. The molecule has 0 radical (unpaired) electrons. The molecule has 0 spiro atoms. The lowest BCUT2D eigenvalue weighted by atomic mass is 10.00. The molecule has 1 aromatic rings. The topological polar surface area (TPSA) is 49.4 Å². The Labute approximate surface area is 144 Å². The first-order chi connectivity index (χ1) is 11.7. The molecular formula is C20H28N2O2. The number of amides is 2. The third-order valence-electron chi connectivity index (χ3n) is 5.43. The largest absolute Gasteiger partial charge is 0.356 e. The van der Waals surface area contributed by atoms with Gasteiger partial charge in [-0.2, -0.15) is 0 Å². The number of carbonyl (C=O) groups excluding carboxylic acids is 2. The van der Waals surface area contributed by atoms with Crippen molar-refractivity contribution in [3.05, 3.63) is 35.9 Å². The molecule has 1 aliphatic heterocycles. The number of benzene rings is 1. The van der Waals surface area contributed by atoms with Gasteiger partial charge in [0, 0.05) is 32.0 Å². The SMILES string of the molecule is O=C(NC[C@H]1CCC(=O)N(Cc2ccccc2)CC1)C1CCCC1. The van der Waals surface area contributed by atoms with Gasteiger partial charge in [0.05, 0.1) is 0 Å². The molecule has 130 valence electrons. The molecule has 3 rings (SSSR count). The molecule has 0 bridgehead atoms. The van der Waals surface area contributed by atoms with Crippen LogP contribution in [0.3, 0.4) is 0 Å². The van der Waals surface area contributed by atoms with Gasteiger partial charge in [0.15, 0.2) is 0 Å². The van der Waals surface area contributed by atoms with Crippen molar-refractivity contribution in [2.45, 2.75) is 51.5 Å². The highest BCUT2D eigenvalue weighted by atomic mass is 16.2. The Hall–Kier alpha value is -1.84. The number of hydrogen-bond acceptors (Lipinski definition) is 2. The summed E-state index contributed by atoms with van der Waals surface area (Å²) in [6, 6.07) is 10.2. The molecule has 1 saturated carbocycles. The van der Waals surface area contributed by atoms with Gasteiger partial charge in [-0.05, 0) is 37.2 Å². The molecule has 1 aliphatic carbocycles. The first-order valence-electron chi connectivity index (χ1n) is 9.32. The van der Waals surface area contributed by atoms with Gasteiger partial charge in [-0.25, -0.2) is 0 Å². The van der Waals surface area contributed by atoms with Crippen molar-refractivity contribution in [3.63, 3.8) is 0 Å². The molecule has 2 fully saturated rings. The molecule has 24 heavy (non-hydrogen) atoms. The van der Waals surface area contributed by atoms with Crippen LogP contribution in [0.4, 0.5) is 0 Å². The van der Waals surface area contributed by atoms with E-state index in [0.29, 0.717) is 18.9 Å². The van der Waals surface area contributed by atoms with E-state index in [9.17, 15) is 9.59 Å². The van der Waals surface area contributed by atoms with Crippen molar-refractivity contribution < 1.29 is 9.59 Å². The average molecular weight is 328 g/mol. The first kappa shape index (κ1) is 17.0. The number of rotatable bonds is 5. The summed E-state index contributed by atoms with van der Waals surface area (Å²) in [7, 11) is 0. The van der Waals surface area contributed by atoms with Gasteiger partial charge in [0.2, 0.25) is 11.8 Å². The Kier molecular flexibility index (Phi) is 5.89. The van der Waals surface area contributed by atoms with Crippen molar-refractivity contribution in [2.75, 3.05) is 13.1 Å². The van der Waals surface area contributed by atoms with Crippen LogP contribution in [0.5, 0.6) is 0 Å². The lowest BCUT2D eigenvalue weighted by molar-refractivity contribution is -0.131. The highest BCUT2D eigenvalue weighted by Crippen LogP contribution is 2.25. The predicted molar refractivity (Wildman–Crippen MR) is 94.2 cm³/mol. The Balaban J connectivity index is 1.47. The smallest absolute Gasteiger partial charge is 0.223 e. The molecule has 1 saturated heterocycles. The van der Waals surface area contributed by atoms with Crippen LogP contribution in [0.25, 0.3) is 0 Å². The van der Waals surface area contributed by atoms with Gasteiger partial charge >= 0.3 is 0 Å². The van der Waals surface area contributed by atoms with Gasteiger partial charge in [-0.1, -0.05) is 43.2 Å². The maximum absolute atomic E-state index is 12.4. The molecular weight excluding hydrogens is 300 g/mol. The number of carbonyl (C=O) groups is 2. The van der Waals surface area contributed by atoms with Crippen LogP contribution >= 0.6 is 0 Å². The fourth-order valence-electron chi connectivity index (χ4n) is 3.85. The van der Waals surface area contributed by atoms with Crippen LogP contribution in [-0.2, 0) is 16.1 Å². The predicted octanol–water partition coefficient (Wildman–Crippen LogP) is 3.12. The zero-order valence-electron chi connectivity index (χ0n) is 14.4. The Morgan fingerprint density at radius 3 is 2.58 bits per heavy atom. The quantitative estimate of drug-likeness (QED) is 0.903. The summed E-state index contributed by atoms with van der Waals surface area (Å²) in [6.07, 6.45) is 6.91. The maximum atomic E-state index is 12.4. The molecule has 2 aliphatic rings. The molecule has 4 nitrogen and oxygen atoms in total. The van der Waals surface area contributed by atoms with Crippen LogP contribution in [0, 0.1) is 11.8 Å². The number of nitrogens with zero attached hydrogens (tertiary/aromatic N) is 1. The zero-order chi connectivity index (χ0) is 16.8. The van der Waals surface area contributed by atoms with Crippen molar-refractivity contribution in [1.82, 2.24) is 10.2 Å². The third-order valence-corrected chi connectivity index (χ3v) is 5.43. The maximum Gasteiger partial charge on any atom is 0.223 e. The second-order valence-corrected chi connectivity index (χ2v) is 7.22. The van der Waals surface area contributed by atoms with Crippen LogP contribution < -0.4 is 5.32 Å². The highest BCUT2D eigenvalue weighted by molar-refractivity contribution is 5.79. The van der Waals surface area contributed by atoms with E-state index >= 15 is 0 Å². The van der Waals surface area contributed by atoms with E-state index in [1.54, 1.807) is 0 Å². The molecule has 4 heteroatoms. The zero-order valence-corrected chi connectivity index (χ0v) is 14.4. The van der Waals surface area contributed by atoms with Gasteiger partial charge in [0.25, 0.3) is 0 Å². The molecule has 0 unspecified atom stereocenters. The minimum atomic E-state index is 0.226. The van der Waals surface area contributed by atoms with E-state index < -0.39 is 0 Å². The Morgan fingerprint density at radius 1 is 1.08 bits per heavy atom. The second kappa shape index (κ2) is 8.32. The Bertz CT molecular complexity index is 552. The monoisotopic (exact) mass is 328 g/mol. The Morgan fingerprint density at radius 2 is 1.83 bits per heavy atom. The summed E-state index contributed by atoms with van der Waals surface area (Å²) in [4.78, 5) is 26.5. The fraction of sp³-hybridized carbons (Fsp3) is 0.600. The molecule has 0 aromatic heterocycles. The van der Waals surface area contributed by atoms with E-state index in [2.05, 4.69) is 17.4 Å². The van der Waals surface area contributed by atoms with Crippen molar-refractivity contribution in [1.29, 1.82) is 0 Å².